The number of nitrogens with one attached hydrogen (secondary N) is 1. The molecule has 9 heteroatoms. The summed E-state index contributed by atoms with van der Waals surface area (Å²) in [5, 5.41) is 3.43. The first-order valence-electron chi connectivity index (χ1n) is 11.8. The summed E-state index contributed by atoms with van der Waals surface area (Å²) in [7, 11) is 1.16. The Morgan fingerprint density at radius 1 is 1.20 bits per heavy atom. The van der Waals surface area contributed by atoms with Gasteiger partial charge in [0.2, 0.25) is 11.8 Å². The Kier molecular flexibility index (Phi) is 6.55. The normalized spacial score (nSPS) is 22.0. The molecule has 1 aromatic heterocycles. The van der Waals surface area contributed by atoms with Gasteiger partial charge < -0.3 is 15.1 Å². The first kappa shape index (κ1) is 25.0. The van der Waals surface area contributed by atoms with Crippen LogP contribution in [0.5, 0.6) is 0 Å². The fourth-order valence-electron chi connectivity index (χ4n) is 5.32. The van der Waals surface area contributed by atoms with Gasteiger partial charge in [-0.25, -0.2) is 0 Å². The fraction of sp³-hybridized carbons (Fsp3) is 0.500. The van der Waals surface area contributed by atoms with Gasteiger partial charge >= 0.3 is 6.18 Å². The van der Waals surface area contributed by atoms with E-state index in [4.69, 9.17) is 0 Å². The van der Waals surface area contributed by atoms with Gasteiger partial charge in [0.15, 0.2) is 6.04 Å². The molecule has 0 spiro atoms. The Balaban J connectivity index is 1.50. The van der Waals surface area contributed by atoms with Gasteiger partial charge in [0, 0.05) is 38.5 Å². The van der Waals surface area contributed by atoms with Gasteiger partial charge in [-0.15, -0.1) is 0 Å². The van der Waals surface area contributed by atoms with Crippen molar-refractivity contribution >= 4 is 17.5 Å². The lowest BCUT2D eigenvalue weighted by atomic mass is 9.83. The van der Waals surface area contributed by atoms with Crippen LogP contribution in [0.15, 0.2) is 42.6 Å². The molecule has 6 nitrogen and oxygen atoms in total. The molecule has 1 N–H and O–H groups in total. The van der Waals surface area contributed by atoms with Crippen molar-refractivity contribution < 1.29 is 22.8 Å². The standard InChI is InChI=1S/C26H31F3N4O2/c1-16(34)33-12-11-18(15-33)24(35)32(4)23(26(27,28)29)21-10-9-19(14-30-21)31-22-13-17-7-5-6-8-20(17)25(22,2)3/h5-10,14,18,22-23,31H,11-13,15H2,1-4H3/t18?,22?,23-/m0/s1. The molecule has 2 unspecified atom stereocenters. The second kappa shape index (κ2) is 9.17. The van der Waals surface area contributed by atoms with Crippen LogP contribution in [0.25, 0.3) is 0 Å². The number of aromatic nitrogens is 1. The summed E-state index contributed by atoms with van der Waals surface area (Å²) in [6.07, 6.45) is -2.13. The number of amides is 2. The topological polar surface area (TPSA) is 65.5 Å². The van der Waals surface area contributed by atoms with Crippen molar-refractivity contribution in [2.75, 3.05) is 25.5 Å². The molecule has 2 aromatic rings. The molecule has 1 aromatic carbocycles. The molecule has 1 saturated heterocycles. The van der Waals surface area contributed by atoms with Crippen molar-refractivity contribution in [3.63, 3.8) is 0 Å². The monoisotopic (exact) mass is 488 g/mol. The van der Waals surface area contributed by atoms with Gasteiger partial charge in [-0.3, -0.25) is 14.6 Å². The first-order valence-corrected chi connectivity index (χ1v) is 11.8. The number of carbonyl (C=O) groups excluding carboxylic acids is 2. The van der Waals surface area contributed by atoms with Gasteiger partial charge in [0.05, 0.1) is 23.5 Å². The van der Waals surface area contributed by atoms with Crippen LogP contribution in [0.2, 0.25) is 0 Å². The van der Waals surface area contributed by atoms with Crippen LogP contribution in [0.4, 0.5) is 18.9 Å². The molecule has 0 radical (unpaired) electrons. The maximum absolute atomic E-state index is 14.1. The second-order valence-electron chi connectivity index (χ2n) is 10.1. The van der Waals surface area contributed by atoms with E-state index in [-0.39, 0.29) is 29.6 Å². The quantitative estimate of drug-likeness (QED) is 0.681. The number of alkyl halides is 3. The van der Waals surface area contributed by atoms with Crippen molar-refractivity contribution in [2.45, 2.75) is 57.3 Å². The van der Waals surface area contributed by atoms with Crippen LogP contribution >= 0.6 is 0 Å². The van der Waals surface area contributed by atoms with E-state index in [2.05, 4.69) is 36.3 Å². The highest BCUT2D eigenvalue weighted by Gasteiger charge is 2.48. The predicted molar refractivity (Wildman–Crippen MR) is 127 cm³/mol. The summed E-state index contributed by atoms with van der Waals surface area (Å²) in [6.45, 7) is 6.19. The van der Waals surface area contributed by atoms with Gasteiger partial charge in [-0.1, -0.05) is 38.1 Å². The minimum Gasteiger partial charge on any atom is -0.380 e. The molecule has 0 bridgehead atoms. The number of carbonyl (C=O) groups is 2. The van der Waals surface area contributed by atoms with Crippen molar-refractivity contribution in [3.8, 4) is 0 Å². The Labute approximate surface area is 203 Å². The molecule has 2 aliphatic rings. The van der Waals surface area contributed by atoms with E-state index in [9.17, 15) is 22.8 Å². The minimum atomic E-state index is -4.69. The molecule has 2 amide bonds. The second-order valence-corrected chi connectivity index (χ2v) is 10.1. The molecular formula is C26H31F3N4O2. The lowest BCUT2D eigenvalue weighted by Gasteiger charge is -2.32. The molecule has 1 aliphatic heterocycles. The third-order valence-electron chi connectivity index (χ3n) is 7.44. The van der Waals surface area contributed by atoms with Crippen LogP contribution in [-0.2, 0) is 21.4 Å². The van der Waals surface area contributed by atoms with E-state index in [0.29, 0.717) is 18.7 Å². The van der Waals surface area contributed by atoms with E-state index >= 15 is 0 Å². The van der Waals surface area contributed by atoms with Gasteiger partial charge in [0.25, 0.3) is 0 Å². The molecule has 2 heterocycles. The zero-order valence-corrected chi connectivity index (χ0v) is 20.4. The molecule has 188 valence electrons. The zero-order chi connectivity index (χ0) is 25.5. The van der Waals surface area contributed by atoms with Crippen molar-refractivity contribution in [1.82, 2.24) is 14.8 Å². The highest BCUT2D eigenvalue weighted by molar-refractivity contribution is 5.81. The molecule has 35 heavy (non-hydrogen) atoms. The van der Waals surface area contributed by atoms with Crippen LogP contribution in [0.1, 0.15) is 50.1 Å². The van der Waals surface area contributed by atoms with E-state index in [1.807, 2.05) is 12.1 Å². The number of nitrogens with zero attached hydrogens (tertiary/aromatic N) is 3. The van der Waals surface area contributed by atoms with Gasteiger partial charge in [-0.2, -0.15) is 13.2 Å². The number of hydrogen-bond donors (Lipinski definition) is 1. The largest absolute Gasteiger partial charge is 0.414 e. The molecule has 1 fully saturated rings. The maximum Gasteiger partial charge on any atom is 0.414 e. The smallest absolute Gasteiger partial charge is 0.380 e. The van der Waals surface area contributed by atoms with E-state index < -0.39 is 24.0 Å². The van der Waals surface area contributed by atoms with Gasteiger partial charge in [-0.05, 0) is 36.1 Å². The van der Waals surface area contributed by atoms with Crippen LogP contribution in [0, 0.1) is 5.92 Å². The number of hydrogen-bond acceptors (Lipinski definition) is 4. The molecule has 4 rings (SSSR count). The minimum absolute atomic E-state index is 0.0711. The Hall–Kier alpha value is -3.10. The number of halogens is 3. The fourth-order valence-corrected chi connectivity index (χ4v) is 5.32. The van der Waals surface area contributed by atoms with Crippen molar-refractivity contribution in [2.24, 2.45) is 5.92 Å². The van der Waals surface area contributed by atoms with E-state index in [0.717, 1.165) is 18.4 Å². The maximum atomic E-state index is 14.1. The van der Waals surface area contributed by atoms with Crippen molar-refractivity contribution in [3.05, 3.63) is 59.4 Å². The molecule has 0 saturated carbocycles. The molecular weight excluding hydrogens is 457 g/mol. The summed E-state index contributed by atoms with van der Waals surface area (Å²) in [4.78, 5) is 30.8. The van der Waals surface area contributed by atoms with Crippen LogP contribution in [-0.4, -0.2) is 59.0 Å². The van der Waals surface area contributed by atoms with Crippen LogP contribution < -0.4 is 5.32 Å². The summed E-state index contributed by atoms with van der Waals surface area (Å²) in [6, 6.07) is 9.05. The number of fused-ring (bicyclic) bond motifs is 1. The number of pyridine rings is 1. The van der Waals surface area contributed by atoms with E-state index in [1.54, 1.807) is 6.07 Å². The van der Waals surface area contributed by atoms with E-state index in [1.165, 1.54) is 35.2 Å². The third-order valence-corrected chi connectivity index (χ3v) is 7.44. The summed E-state index contributed by atoms with van der Waals surface area (Å²) in [5.41, 5.74) is 2.75. The average Bonchev–Trinajstić information content (AvgIpc) is 3.38. The SMILES string of the molecule is CC(=O)N1CCC(C(=O)N(C)[C@@H](c2ccc(NC3Cc4ccccc4C3(C)C)cn2)C(F)(F)F)C1. The highest BCUT2D eigenvalue weighted by Crippen LogP contribution is 2.41. The highest BCUT2D eigenvalue weighted by atomic mass is 19.4. The number of rotatable bonds is 5. The first-order chi connectivity index (χ1) is 16.4. The number of benzene rings is 1. The van der Waals surface area contributed by atoms with Gasteiger partial charge in [0.1, 0.15) is 0 Å². The van der Waals surface area contributed by atoms with Crippen molar-refractivity contribution in [1.29, 1.82) is 0 Å². The number of anilines is 1. The Bertz CT molecular complexity index is 1100. The lowest BCUT2D eigenvalue weighted by Crippen LogP contribution is -2.43. The Morgan fingerprint density at radius 2 is 1.91 bits per heavy atom. The summed E-state index contributed by atoms with van der Waals surface area (Å²) >= 11 is 0. The summed E-state index contributed by atoms with van der Waals surface area (Å²) in [5.74, 6) is -1.47. The summed E-state index contributed by atoms with van der Waals surface area (Å²) < 4.78 is 42.2. The molecule has 1 aliphatic carbocycles. The lowest BCUT2D eigenvalue weighted by molar-refractivity contribution is -0.191. The number of likely N-dealkylation sites (tertiary alicyclic amines) is 1. The zero-order valence-electron chi connectivity index (χ0n) is 20.4. The molecule has 3 atom stereocenters. The Morgan fingerprint density at radius 3 is 2.49 bits per heavy atom. The third kappa shape index (κ3) is 4.86. The predicted octanol–water partition coefficient (Wildman–Crippen LogP) is 4.33. The average molecular weight is 489 g/mol. The van der Waals surface area contributed by atoms with Crippen LogP contribution in [0.3, 0.4) is 0 Å².